The summed E-state index contributed by atoms with van der Waals surface area (Å²) in [4.78, 5) is 47.0. The van der Waals surface area contributed by atoms with Gasteiger partial charge in [-0.1, -0.05) is 6.07 Å². The van der Waals surface area contributed by atoms with Crippen molar-refractivity contribution in [3.05, 3.63) is 58.9 Å². The van der Waals surface area contributed by atoms with Crippen molar-refractivity contribution in [3.8, 4) is 0 Å². The van der Waals surface area contributed by atoms with Crippen LogP contribution in [0.15, 0.2) is 36.4 Å². The maximum atomic E-state index is 13.6. The molecule has 0 radical (unpaired) electrons. The van der Waals surface area contributed by atoms with E-state index in [2.05, 4.69) is 10.6 Å². The van der Waals surface area contributed by atoms with E-state index < -0.39 is 30.1 Å². The third-order valence-corrected chi connectivity index (χ3v) is 3.69. The second-order valence-electron chi connectivity index (χ2n) is 6.09. The minimum atomic E-state index is -0.844. The van der Waals surface area contributed by atoms with E-state index in [1.54, 1.807) is 6.92 Å². The standard InChI is InChI=1S/C20H19FN2O5/c1-11-4-5-14(8-17(11)21)20(27)28-10-19(26)16-7-6-15(22-12(2)24)9-18(16)23-13(3)25/h4-9H,10H2,1-3H3,(H,22,24)(H,23,25). The number of hydrogen-bond acceptors (Lipinski definition) is 5. The Morgan fingerprint density at radius 1 is 0.964 bits per heavy atom. The van der Waals surface area contributed by atoms with Gasteiger partial charge >= 0.3 is 5.97 Å². The van der Waals surface area contributed by atoms with Crippen LogP contribution in [0.1, 0.15) is 40.1 Å². The zero-order valence-corrected chi connectivity index (χ0v) is 15.6. The lowest BCUT2D eigenvalue weighted by Crippen LogP contribution is -2.18. The number of esters is 1. The van der Waals surface area contributed by atoms with Crippen molar-refractivity contribution in [3.63, 3.8) is 0 Å². The Kier molecular flexibility index (Phi) is 6.59. The highest BCUT2D eigenvalue weighted by atomic mass is 19.1. The Morgan fingerprint density at radius 2 is 1.64 bits per heavy atom. The van der Waals surface area contributed by atoms with E-state index in [4.69, 9.17) is 4.74 Å². The van der Waals surface area contributed by atoms with Crippen LogP contribution in [0.3, 0.4) is 0 Å². The third kappa shape index (κ3) is 5.47. The van der Waals surface area contributed by atoms with Crippen LogP contribution in [0, 0.1) is 12.7 Å². The Morgan fingerprint density at radius 3 is 2.25 bits per heavy atom. The van der Waals surface area contributed by atoms with E-state index in [0.717, 1.165) is 6.07 Å². The average molecular weight is 386 g/mol. The number of rotatable bonds is 6. The van der Waals surface area contributed by atoms with Crippen molar-refractivity contribution in [2.45, 2.75) is 20.8 Å². The van der Waals surface area contributed by atoms with Crippen molar-refractivity contribution < 1.29 is 28.3 Å². The molecule has 0 unspecified atom stereocenters. The molecule has 28 heavy (non-hydrogen) atoms. The number of anilines is 2. The van der Waals surface area contributed by atoms with Gasteiger partial charge in [0.2, 0.25) is 17.6 Å². The molecule has 0 saturated carbocycles. The average Bonchev–Trinajstić information content (AvgIpc) is 2.61. The first-order chi connectivity index (χ1) is 13.2. The van der Waals surface area contributed by atoms with E-state index >= 15 is 0 Å². The van der Waals surface area contributed by atoms with Crippen LogP contribution in [-0.2, 0) is 14.3 Å². The van der Waals surface area contributed by atoms with Gasteiger partial charge in [-0.25, -0.2) is 9.18 Å². The maximum Gasteiger partial charge on any atom is 0.338 e. The van der Waals surface area contributed by atoms with Crippen LogP contribution < -0.4 is 10.6 Å². The van der Waals surface area contributed by atoms with Crippen LogP contribution in [0.25, 0.3) is 0 Å². The smallest absolute Gasteiger partial charge is 0.338 e. The van der Waals surface area contributed by atoms with Gasteiger partial charge in [-0.2, -0.15) is 0 Å². The fourth-order valence-electron chi connectivity index (χ4n) is 2.37. The van der Waals surface area contributed by atoms with E-state index in [0.29, 0.717) is 11.3 Å². The summed E-state index contributed by atoms with van der Waals surface area (Å²) in [6.45, 7) is 3.55. The molecule has 0 aliphatic rings. The lowest BCUT2D eigenvalue weighted by Gasteiger charge is -2.12. The highest BCUT2D eigenvalue weighted by molar-refractivity contribution is 6.07. The molecule has 0 heterocycles. The fraction of sp³-hybridized carbons (Fsp3) is 0.200. The zero-order valence-electron chi connectivity index (χ0n) is 15.6. The molecule has 7 nitrogen and oxygen atoms in total. The van der Waals surface area contributed by atoms with Gasteiger partial charge in [0.25, 0.3) is 0 Å². The highest BCUT2D eigenvalue weighted by Crippen LogP contribution is 2.22. The summed E-state index contributed by atoms with van der Waals surface area (Å²) in [5.41, 5.74) is 1.03. The lowest BCUT2D eigenvalue weighted by atomic mass is 10.1. The molecule has 0 aliphatic heterocycles. The number of ketones is 1. The normalized spacial score (nSPS) is 10.1. The minimum absolute atomic E-state index is 0.0148. The topological polar surface area (TPSA) is 102 Å². The Bertz CT molecular complexity index is 956. The molecule has 0 bridgehead atoms. The number of halogens is 1. The molecule has 0 fully saturated rings. The molecule has 2 aromatic carbocycles. The lowest BCUT2D eigenvalue weighted by molar-refractivity contribution is -0.115. The molecule has 0 atom stereocenters. The van der Waals surface area contributed by atoms with E-state index in [1.165, 1.54) is 44.2 Å². The molecule has 2 N–H and O–H groups in total. The zero-order chi connectivity index (χ0) is 20.8. The predicted molar refractivity (Wildman–Crippen MR) is 101 cm³/mol. The minimum Gasteiger partial charge on any atom is -0.454 e. The molecule has 0 saturated heterocycles. The number of nitrogens with one attached hydrogen (secondary N) is 2. The number of hydrogen-bond donors (Lipinski definition) is 2. The SMILES string of the molecule is CC(=O)Nc1ccc(C(=O)COC(=O)c2ccc(C)c(F)c2)c(NC(C)=O)c1. The van der Waals surface area contributed by atoms with Gasteiger partial charge in [0.05, 0.1) is 11.3 Å². The number of carbonyl (C=O) groups is 4. The largest absolute Gasteiger partial charge is 0.454 e. The first-order valence-electron chi connectivity index (χ1n) is 8.33. The molecule has 0 spiro atoms. The van der Waals surface area contributed by atoms with Gasteiger partial charge < -0.3 is 15.4 Å². The summed E-state index contributed by atoms with van der Waals surface area (Å²) in [6, 6.07) is 8.18. The summed E-state index contributed by atoms with van der Waals surface area (Å²) < 4.78 is 18.5. The van der Waals surface area contributed by atoms with Crippen LogP contribution in [0.2, 0.25) is 0 Å². The fourth-order valence-corrected chi connectivity index (χ4v) is 2.37. The van der Waals surface area contributed by atoms with Crippen molar-refractivity contribution in [1.29, 1.82) is 0 Å². The van der Waals surface area contributed by atoms with Gasteiger partial charge in [0.1, 0.15) is 5.82 Å². The predicted octanol–water partition coefficient (Wildman–Crippen LogP) is 3.09. The number of Topliss-reactive ketones (excluding diaryl/α,β-unsaturated/α-hetero) is 1. The van der Waals surface area contributed by atoms with Gasteiger partial charge in [-0.15, -0.1) is 0 Å². The van der Waals surface area contributed by atoms with Crippen LogP contribution in [0.5, 0.6) is 0 Å². The second-order valence-corrected chi connectivity index (χ2v) is 6.09. The van der Waals surface area contributed by atoms with Crippen molar-refractivity contribution in [2.75, 3.05) is 17.2 Å². The van der Waals surface area contributed by atoms with Crippen molar-refractivity contribution >= 4 is 34.9 Å². The first-order valence-corrected chi connectivity index (χ1v) is 8.33. The monoisotopic (exact) mass is 386 g/mol. The van der Waals surface area contributed by atoms with E-state index in [9.17, 15) is 23.6 Å². The number of amides is 2. The Labute approximate surface area is 160 Å². The summed E-state index contributed by atoms with van der Waals surface area (Å²) in [5.74, 6) is -2.70. The van der Waals surface area contributed by atoms with Gasteiger partial charge in [-0.05, 0) is 42.8 Å². The van der Waals surface area contributed by atoms with Gasteiger partial charge in [-0.3, -0.25) is 14.4 Å². The summed E-state index contributed by atoms with van der Waals surface area (Å²) in [6.07, 6.45) is 0. The number of carbonyl (C=O) groups excluding carboxylic acids is 4. The van der Waals surface area contributed by atoms with Crippen molar-refractivity contribution in [1.82, 2.24) is 0 Å². The van der Waals surface area contributed by atoms with Crippen molar-refractivity contribution in [2.24, 2.45) is 0 Å². The molecule has 146 valence electrons. The molecule has 0 aliphatic carbocycles. The molecular weight excluding hydrogens is 367 g/mol. The molecule has 2 aromatic rings. The molecule has 8 heteroatoms. The van der Waals surface area contributed by atoms with Crippen LogP contribution in [0.4, 0.5) is 15.8 Å². The van der Waals surface area contributed by atoms with Gasteiger partial charge in [0, 0.05) is 25.1 Å². The Hall–Kier alpha value is -3.55. The number of benzene rings is 2. The molecule has 0 aromatic heterocycles. The highest BCUT2D eigenvalue weighted by Gasteiger charge is 2.17. The summed E-state index contributed by atoms with van der Waals surface area (Å²) in [7, 11) is 0. The quantitative estimate of drug-likeness (QED) is 0.587. The Balaban J connectivity index is 2.15. The van der Waals surface area contributed by atoms with E-state index in [1.807, 2.05) is 0 Å². The van der Waals surface area contributed by atoms with E-state index in [-0.39, 0.29) is 22.7 Å². The first kappa shape index (κ1) is 20.8. The second kappa shape index (κ2) is 8.90. The number of aryl methyl sites for hydroxylation is 1. The maximum absolute atomic E-state index is 13.6. The van der Waals surface area contributed by atoms with Crippen LogP contribution >= 0.6 is 0 Å². The molecular formula is C20H19FN2O5. The van der Waals surface area contributed by atoms with Gasteiger partial charge in [0.15, 0.2) is 6.61 Å². The third-order valence-electron chi connectivity index (χ3n) is 3.69. The number of ether oxygens (including phenoxy) is 1. The summed E-state index contributed by atoms with van der Waals surface area (Å²) in [5, 5.41) is 5.04. The molecule has 2 amide bonds. The van der Waals surface area contributed by atoms with Crippen LogP contribution in [-0.4, -0.2) is 30.2 Å². The summed E-state index contributed by atoms with van der Waals surface area (Å²) >= 11 is 0. The molecule has 2 rings (SSSR count).